The van der Waals surface area contributed by atoms with Gasteiger partial charge in [-0.05, 0) is 0 Å². The van der Waals surface area contributed by atoms with Crippen molar-refractivity contribution in [3.8, 4) is 18.2 Å². The molecule has 0 heterocycles. The zero-order valence-corrected chi connectivity index (χ0v) is 6.34. The average molecular weight is 113 g/mol. The molecule has 0 bridgehead atoms. The van der Waals surface area contributed by atoms with Gasteiger partial charge in [-0.2, -0.15) is 0 Å². The van der Waals surface area contributed by atoms with Gasteiger partial charge in [-0.15, -0.1) is 0 Å². The Morgan fingerprint density at radius 1 is 0.875 bits per heavy atom. The summed E-state index contributed by atoms with van der Waals surface area (Å²) < 4.78 is 0. The summed E-state index contributed by atoms with van der Waals surface area (Å²) in [4.78, 5) is 0. The molecule has 0 saturated carbocycles. The van der Waals surface area contributed by atoms with E-state index in [2.05, 4.69) is 0 Å². The van der Waals surface area contributed by atoms with Crippen molar-refractivity contribution in [2.75, 3.05) is 0 Å². The summed E-state index contributed by atoms with van der Waals surface area (Å²) in [5.41, 5.74) is 0. The minimum atomic E-state index is -0.403. The van der Waals surface area contributed by atoms with Gasteiger partial charge in [0.25, 0.3) is 0 Å². The molecule has 0 N–H and O–H groups in total. The summed E-state index contributed by atoms with van der Waals surface area (Å²) >= 11 is 0. The summed E-state index contributed by atoms with van der Waals surface area (Å²) in [6.07, 6.45) is 0. The predicted molar refractivity (Wildman–Crippen MR) is 20.1 cm³/mol. The van der Waals surface area contributed by atoms with Gasteiger partial charge in [-0.25, -0.2) is 15.8 Å². The number of nitrogens with zero attached hydrogens (tertiary/aromatic N) is 3. The van der Waals surface area contributed by atoms with Crippen LogP contribution in [0.5, 0.6) is 0 Å². The number of nitriles is 3. The molecule has 0 aromatic heterocycles. The van der Waals surface area contributed by atoms with E-state index in [4.69, 9.17) is 15.8 Å². The third-order valence-corrected chi connectivity index (χ3v) is 0.335. The van der Waals surface area contributed by atoms with E-state index >= 15 is 0 Å². The van der Waals surface area contributed by atoms with Gasteiger partial charge in [0, 0.05) is 0 Å². The summed E-state index contributed by atoms with van der Waals surface area (Å²) in [7, 11) is 0. The number of hydrogen-bond donors (Lipinski definition) is 0. The van der Waals surface area contributed by atoms with Crippen LogP contribution in [0.1, 0.15) is 0 Å². The van der Waals surface area contributed by atoms with Gasteiger partial charge in [-0.3, -0.25) is 0 Å². The summed E-state index contributed by atoms with van der Waals surface area (Å²) in [5.74, 6) is -0.403. The van der Waals surface area contributed by atoms with Crippen molar-refractivity contribution >= 4 is 0 Å². The fourth-order valence-electron chi connectivity index (χ4n) is 0.0750. The third-order valence-electron chi connectivity index (χ3n) is 0.335. The molecule has 0 aliphatic rings. The van der Waals surface area contributed by atoms with Crippen LogP contribution in [0.25, 0.3) is 0 Å². The molecule has 0 aromatic carbocycles. The van der Waals surface area contributed by atoms with Crippen LogP contribution in [0, 0.1) is 39.9 Å². The average Bonchev–Trinajstić information content (AvgIpc) is 1.72. The molecule has 0 fully saturated rings. The molecule has 0 aliphatic carbocycles. The monoisotopic (exact) mass is 113 g/mol. The minimum absolute atomic E-state index is 0. The van der Waals surface area contributed by atoms with Gasteiger partial charge >= 0.3 is 29.6 Å². The molecule has 0 aromatic rings. The molecule has 0 rings (SSSR count). The van der Waals surface area contributed by atoms with Crippen molar-refractivity contribution in [2.45, 2.75) is 0 Å². The minimum Gasteiger partial charge on any atom is -0.232 e. The fraction of sp³-hybridized carbons (Fsp3) is 0. The topological polar surface area (TPSA) is 71.4 Å². The van der Waals surface area contributed by atoms with Gasteiger partial charge in [-0.1, -0.05) is 24.1 Å². The Hall–Kier alpha value is -0.660. The van der Waals surface area contributed by atoms with Crippen LogP contribution in [0.3, 0.4) is 0 Å². The maximum atomic E-state index is 7.79. The SMILES string of the molecule is N#C[C-](C#N)C#N.[Na+]. The first kappa shape index (κ1) is 10.3. The van der Waals surface area contributed by atoms with Gasteiger partial charge in [0.1, 0.15) is 0 Å². The molecule has 0 amide bonds. The van der Waals surface area contributed by atoms with Crippen LogP contribution < -0.4 is 29.6 Å². The molecule has 8 heavy (non-hydrogen) atoms. The first-order chi connectivity index (χ1) is 3.35. The van der Waals surface area contributed by atoms with Crippen molar-refractivity contribution < 1.29 is 29.6 Å². The molecule has 0 radical (unpaired) electrons. The summed E-state index contributed by atoms with van der Waals surface area (Å²) in [6, 6.07) is 4.19. The van der Waals surface area contributed by atoms with Crippen molar-refractivity contribution in [2.24, 2.45) is 0 Å². The van der Waals surface area contributed by atoms with Crippen molar-refractivity contribution in [3.63, 3.8) is 0 Å². The fourth-order valence-corrected chi connectivity index (χ4v) is 0.0750. The van der Waals surface area contributed by atoms with Crippen molar-refractivity contribution in [3.05, 3.63) is 5.92 Å². The standard InChI is InChI=1S/C4N3.Na/c5-1-4(2-6)3-7;/q-1;+1. The predicted octanol–water partition coefficient (Wildman–Crippen LogP) is -2.86. The second-order valence-electron chi connectivity index (χ2n) is 0.710. The van der Waals surface area contributed by atoms with Crippen LogP contribution in [0.2, 0.25) is 0 Å². The van der Waals surface area contributed by atoms with Gasteiger partial charge in [0.05, 0.1) is 0 Å². The van der Waals surface area contributed by atoms with Gasteiger partial charge in [0.15, 0.2) is 0 Å². The van der Waals surface area contributed by atoms with E-state index in [0.29, 0.717) is 0 Å². The number of rotatable bonds is 0. The van der Waals surface area contributed by atoms with E-state index in [1.54, 1.807) is 0 Å². The second kappa shape index (κ2) is 6.34. The van der Waals surface area contributed by atoms with E-state index in [1.165, 1.54) is 18.2 Å². The van der Waals surface area contributed by atoms with E-state index in [9.17, 15) is 0 Å². The largest absolute Gasteiger partial charge is 1.00 e. The molecule has 32 valence electrons. The summed E-state index contributed by atoms with van der Waals surface area (Å²) in [6.45, 7) is 0. The second-order valence-corrected chi connectivity index (χ2v) is 0.710. The molecule has 0 spiro atoms. The molecule has 0 aliphatic heterocycles. The molecule has 3 nitrogen and oxygen atoms in total. The van der Waals surface area contributed by atoms with Crippen LogP contribution >= 0.6 is 0 Å². The normalized spacial score (nSPS) is 4.12. The molecular formula is C4N3Na. The van der Waals surface area contributed by atoms with E-state index < -0.39 is 5.92 Å². The summed E-state index contributed by atoms with van der Waals surface area (Å²) in [5, 5.41) is 23.4. The van der Waals surface area contributed by atoms with Gasteiger partial charge in [0.2, 0.25) is 0 Å². The Balaban J connectivity index is 0. The van der Waals surface area contributed by atoms with Crippen molar-refractivity contribution in [1.82, 2.24) is 0 Å². The molecular weight excluding hydrogens is 113 g/mol. The van der Waals surface area contributed by atoms with Crippen LogP contribution in [-0.2, 0) is 0 Å². The maximum absolute atomic E-state index is 7.79. The van der Waals surface area contributed by atoms with Crippen molar-refractivity contribution in [1.29, 1.82) is 15.8 Å². The van der Waals surface area contributed by atoms with Gasteiger partial charge < -0.3 is 0 Å². The number of hydrogen-bond acceptors (Lipinski definition) is 3. The van der Waals surface area contributed by atoms with E-state index in [0.717, 1.165) is 0 Å². The van der Waals surface area contributed by atoms with Crippen LogP contribution in [0.4, 0.5) is 0 Å². The Morgan fingerprint density at radius 2 is 1.12 bits per heavy atom. The first-order valence-corrected chi connectivity index (χ1v) is 1.42. The third kappa shape index (κ3) is 3.53. The first-order valence-electron chi connectivity index (χ1n) is 1.42. The van der Waals surface area contributed by atoms with E-state index in [1.807, 2.05) is 0 Å². The molecule has 0 unspecified atom stereocenters. The maximum Gasteiger partial charge on any atom is 1.00 e. The Labute approximate surface area is 69.4 Å². The zero-order chi connectivity index (χ0) is 5.70. The Kier molecular flexibility index (Phi) is 8.20. The molecule has 0 atom stereocenters. The molecule has 4 heteroatoms. The Morgan fingerprint density at radius 3 is 1.12 bits per heavy atom. The quantitative estimate of drug-likeness (QED) is 0.250. The Bertz CT molecular complexity index is 134. The van der Waals surface area contributed by atoms with Crippen LogP contribution in [-0.4, -0.2) is 0 Å². The smallest absolute Gasteiger partial charge is 0.232 e. The van der Waals surface area contributed by atoms with E-state index in [-0.39, 0.29) is 29.6 Å². The van der Waals surface area contributed by atoms with Crippen LogP contribution in [0.15, 0.2) is 0 Å². The molecule has 0 saturated heterocycles. The zero-order valence-electron chi connectivity index (χ0n) is 4.34.